The average molecular weight is 380 g/mol. The summed E-state index contributed by atoms with van der Waals surface area (Å²) in [5.41, 5.74) is 6.52. The predicted molar refractivity (Wildman–Crippen MR) is 91.4 cm³/mol. The van der Waals surface area contributed by atoms with E-state index >= 15 is 0 Å². The maximum Gasteiger partial charge on any atom is 0.291 e. The zero-order chi connectivity index (χ0) is 16.7. The van der Waals surface area contributed by atoms with E-state index in [9.17, 15) is 9.59 Å². The first-order chi connectivity index (χ1) is 11.1. The van der Waals surface area contributed by atoms with Crippen molar-refractivity contribution in [3.63, 3.8) is 0 Å². The Balaban J connectivity index is 1.89. The molecule has 122 valence electrons. The molecule has 7 heteroatoms. The van der Waals surface area contributed by atoms with Gasteiger partial charge >= 0.3 is 0 Å². The molecule has 0 bridgehead atoms. The van der Waals surface area contributed by atoms with Crippen LogP contribution in [0.4, 0.5) is 5.69 Å². The van der Waals surface area contributed by atoms with E-state index in [1.54, 1.807) is 36.4 Å². The summed E-state index contributed by atoms with van der Waals surface area (Å²) in [5, 5.41) is 5.52. The van der Waals surface area contributed by atoms with E-state index in [1.165, 1.54) is 0 Å². The summed E-state index contributed by atoms with van der Waals surface area (Å²) >= 11 is 3.14. The van der Waals surface area contributed by atoms with Crippen molar-refractivity contribution >= 4 is 33.4 Å². The summed E-state index contributed by atoms with van der Waals surface area (Å²) in [4.78, 5) is 23.8. The molecule has 0 saturated carbocycles. The van der Waals surface area contributed by atoms with Gasteiger partial charge in [-0.25, -0.2) is 0 Å². The van der Waals surface area contributed by atoms with E-state index in [-0.39, 0.29) is 17.6 Å². The van der Waals surface area contributed by atoms with E-state index < -0.39 is 0 Å². The maximum atomic E-state index is 11.9. The van der Waals surface area contributed by atoms with Gasteiger partial charge in [-0.05, 0) is 71.7 Å². The monoisotopic (exact) mass is 379 g/mol. The molecule has 0 atom stereocenters. The summed E-state index contributed by atoms with van der Waals surface area (Å²) < 4.78 is 5.67. The molecule has 0 spiro atoms. The number of unbranched alkanes of at least 4 members (excludes halogenated alkanes) is 1. The fourth-order valence-corrected chi connectivity index (χ4v) is 2.21. The lowest BCUT2D eigenvalue weighted by molar-refractivity contribution is 0.0952. The minimum absolute atomic E-state index is 0.144. The van der Waals surface area contributed by atoms with E-state index in [0.717, 1.165) is 12.8 Å². The SMILES string of the molecule is NCCCCNC(=O)c1ccc(NC(=O)c2ccc(Br)o2)cc1. The number of benzene rings is 1. The van der Waals surface area contributed by atoms with Crippen LogP contribution in [0.5, 0.6) is 0 Å². The number of rotatable bonds is 7. The lowest BCUT2D eigenvalue weighted by Gasteiger charge is -2.06. The molecule has 0 fully saturated rings. The lowest BCUT2D eigenvalue weighted by atomic mass is 10.2. The molecule has 6 nitrogen and oxygen atoms in total. The standard InChI is InChI=1S/C16H18BrN3O3/c17-14-8-7-13(23-14)16(22)20-12-5-3-11(4-6-12)15(21)19-10-2-1-9-18/h3-8H,1-2,9-10,18H2,(H,19,21)(H,20,22). The van der Waals surface area contributed by atoms with Crippen molar-refractivity contribution in [2.75, 3.05) is 18.4 Å². The quantitative estimate of drug-likeness (QED) is 0.644. The van der Waals surface area contributed by atoms with Crippen molar-refractivity contribution in [1.82, 2.24) is 5.32 Å². The zero-order valence-electron chi connectivity index (χ0n) is 12.5. The second-order valence-corrected chi connectivity index (χ2v) is 5.67. The zero-order valence-corrected chi connectivity index (χ0v) is 14.1. The summed E-state index contributed by atoms with van der Waals surface area (Å²) in [6.07, 6.45) is 1.74. The van der Waals surface area contributed by atoms with Gasteiger partial charge in [0.1, 0.15) is 0 Å². The molecule has 2 aromatic rings. The highest BCUT2D eigenvalue weighted by atomic mass is 79.9. The first-order valence-corrected chi connectivity index (χ1v) is 8.04. The van der Waals surface area contributed by atoms with Crippen molar-refractivity contribution in [2.24, 2.45) is 5.73 Å². The Morgan fingerprint density at radius 2 is 1.78 bits per heavy atom. The van der Waals surface area contributed by atoms with E-state index in [0.29, 0.717) is 29.0 Å². The predicted octanol–water partition coefficient (Wildman–Crippen LogP) is 2.76. The largest absolute Gasteiger partial charge is 0.444 e. The van der Waals surface area contributed by atoms with Gasteiger partial charge in [0.25, 0.3) is 11.8 Å². The van der Waals surface area contributed by atoms with E-state index in [4.69, 9.17) is 10.2 Å². The molecule has 4 N–H and O–H groups in total. The van der Waals surface area contributed by atoms with Crippen molar-refractivity contribution in [2.45, 2.75) is 12.8 Å². The number of hydrogen-bond acceptors (Lipinski definition) is 4. The number of anilines is 1. The summed E-state index contributed by atoms with van der Waals surface area (Å²) in [6, 6.07) is 9.88. The van der Waals surface area contributed by atoms with Crippen LogP contribution in [0.15, 0.2) is 45.5 Å². The van der Waals surface area contributed by atoms with Crippen LogP contribution in [-0.4, -0.2) is 24.9 Å². The van der Waals surface area contributed by atoms with Gasteiger partial charge in [-0.15, -0.1) is 0 Å². The van der Waals surface area contributed by atoms with Crippen molar-refractivity contribution in [3.05, 3.63) is 52.4 Å². The first kappa shape index (κ1) is 17.2. The summed E-state index contributed by atoms with van der Waals surface area (Å²) in [7, 11) is 0. The number of hydrogen-bond donors (Lipinski definition) is 3. The van der Waals surface area contributed by atoms with Gasteiger partial charge in [-0.2, -0.15) is 0 Å². The van der Waals surface area contributed by atoms with Gasteiger partial charge < -0.3 is 20.8 Å². The number of furan rings is 1. The molecule has 2 rings (SSSR count). The second-order valence-electron chi connectivity index (χ2n) is 4.89. The number of nitrogens with one attached hydrogen (secondary N) is 2. The number of nitrogens with two attached hydrogens (primary N) is 1. The van der Waals surface area contributed by atoms with Crippen molar-refractivity contribution < 1.29 is 14.0 Å². The molecule has 23 heavy (non-hydrogen) atoms. The molecular formula is C16H18BrN3O3. The second kappa shape index (κ2) is 8.50. The van der Waals surface area contributed by atoms with Crippen LogP contribution in [0.25, 0.3) is 0 Å². The third kappa shape index (κ3) is 5.22. The van der Waals surface area contributed by atoms with E-state index in [2.05, 4.69) is 26.6 Å². The third-order valence-electron chi connectivity index (χ3n) is 3.12. The van der Waals surface area contributed by atoms with Crippen LogP contribution in [0.1, 0.15) is 33.8 Å². The van der Waals surface area contributed by atoms with Crippen molar-refractivity contribution in [1.29, 1.82) is 0 Å². The Kier molecular flexibility index (Phi) is 6.37. The topological polar surface area (TPSA) is 97.4 Å². The molecule has 0 aliphatic carbocycles. The smallest absolute Gasteiger partial charge is 0.291 e. The molecule has 2 amide bonds. The number of carbonyl (C=O) groups excluding carboxylic acids is 2. The molecule has 0 saturated heterocycles. The van der Waals surface area contributed by atoms with Crippen molar-refractivity contribution in [3.8, 4) is 0 Å². The normalized spacial score (nSPS) is 10.3. The highest BCUT2D eigenvalue weighted by Gasteiger charge is 2.11. The minimum atomic E-state index is -0.352. The average Bonchev–Trinajstić information content (AvgIpc) is 2.99. The molecule has 1 aromatic heterocycles. The van der Waals surface area contributed by atoms with Crippen LogP contribution in [-0.2, 0) is 0 Å². The van der Waals surface area contributed by atoms with Crippen LogP contribution in [0, 0.1) is 0 Å². The molecule has 0 aliphatic rings. The highest BCUT2D eigenvalue weighted by Crippen LogP contribution is 2.16. The molecular weight excluding hydrogens is 362 g/mol. The Morgan fingerprint density at radius 3 is 2.39 bits per heavy atom. The van der Waals surface area contributed by atoms with Crippen LogP contribution < -0.4 is 16.4 Å². The fourth-order valence-electron chi connectivity index (χ4n) is 1.91. The molecule has 0 unspecified atom stereocenters. The number of amides is 2. The Labute approximate surface area is 142 Å². The summed E-state index contributed by atoms with van der Waals surface area (Å²) in [6.45, 7) is 1.22. The van der Waals surface area contributed by atoms with Crippen LogP contribution in [0.3, 0.4) is 0 Å². The van der Waals surface area contributed by atoms with Gasteiger partial charge in [-0.3, -0.25) is 9.59 Å². The molecule has 1 aromatic carbocycles. The summed E-state index contributed by atoms with van der Waals surface area (Å²) in [5.74, 6) is -0.289. The fraction of sp³-hybridized carbons (Fsp3) is 0.250. The third-order valence-corrected chi connectivity index (χ3v) is 3.54. The van der Waals surface area contributed by atoms with Gasteiger partial charge in [-0.1, -0.05) is 0 Å². The minimum Gasteiger partial charge on any atom is -0.444 e. The number of halogens is 1. The highest BCUT2D eigenvalue weighted by molar-refractivity contribution is 9.10. The Hall–Kier alpha value is -2.12. The van der Waals surface area contributed by atoms with Gasteiger partial charge in [0.05, 0.1) is 0 Å². The van der Waals surface area contributed by atoms with Crippen LogP contribution >= 0.6 is 15.9 Å². The molecule has 0 radical (unpaired) electrons. The molecule has 1 heterocycles. The Bertz CT molecular complexity index is 667. The first-order valence-electron chi connectivity index (χ1n) is 7.25. The van der Waals surface area contributed by atoms with E-state index in [1.807, 2.05) is 0 Å². The van der Waals surface area contributed by atoms with Gasteiger partial charge in [0.2, 0.25) is 0 Å². The Morgan fingerprint density at radius 1 is 1.04 bits per heavy atom. The lowest BCUT2D eigenvalue weighted by Crippen LogP contribution is -2.24. The van der Waals surface area contributed by atoms with Gasteiger partial charge in [0, 0.05) is 17.8 Å². The van der Waals surface area contributed by atoms with Crippen LogP contribution in [0.2, 0.25) is 0 Å². The maximum absolute atomic E-state index is 11.9. The molecule has 0 aliphatic heterocycles. The number of carbonyl (C=O) groups is 2. The van der Waals surface area contributed by atoms with Gasteiger partial charge in [0.15, 0.2) is 10.4 Å².